The van der Waals surface area contributed by atoms with Crippen LogP contribution >= 0.6 is 11.8 Å². The summed E-state index contributed by atoms with van der Waals surface area (Å²) in [4.78, 5) is 44.7. The van der Waals surface area contributed by atoms with Gasteiger partial charge in [0, 0.05) is 36.0 Å². The summed E-state index contributed by atoms with van der Waals surface area (Å²) in [6, 6.07) is 8.67. The normalized spacial score (nSPS) is 18.9. The van der Waals surface area contributed by atoms with Crippen molar-refractivity contribution in [2.75, 3.05) is 29.6 Å². The second-order valence-electron chi connectivity index (χ2n) is 6.90. The Morgan fingerprint density at radius 2 is 2.21 bits per heavy atom. The maximum atomic E-state index is 12.8. The number of nitriles is 1. The average Bonchev–Trinajstić information content (AvgIpc) is 3.39. The van der Waals surface area contributed by atoms with E-state index in [1.165, 1.54) is 16.7 Å². The first kappa shape index (κ1) is 19.2. The SMILES string of the molecule is N#CC1CSCN1C(=O)CNC(=O)c1ccnc2ccc(N3CCCC3=O)cc12. The van der Waals surface area contributed by atoms with Gasteiger partial charge in [-0.3, -0.25) is 19.4 Å². The molecule has 2 saturated heterocycles. The van der Waals surface area contributed by atoms with E-state index in [0.29, 0.717) is 41.1 Å². The number of hydrogen-bond donors (Lipinski definition) is 1. The number of hydrogen-bond acceptors (Lipinski definition) is 6. The standard InChI is InChI=1S/C20H19N5O3S/c21-9-14-11-29-12-25(14)19(27)10-23-20(28)15-5-6-22-17-4-3-13(8-16(15)17)24-7-1-2-18(24)26/h3-6,8,14H,1-2,7,10-12H2,(H,23,28). The summed E-state index contributed by atoms with van der Waals surface area (Å²) in [6.45, 7) is 0.486. The molecule has 8 nitrogen and oxygen atoms in total. The fourth-order valence-electron chi connectivity index (χ4n) is 3.57. The Hall–Kier alpha value is -3.12. The van der Waals surface area contributed by atoms with E-state index in [-0.39, 0.29) is 18.4 Å². The van der Waals surface area contributed by atoms with E-state index in [9.17, 15) is 14.4 Å². The summed E-state index contributed by atoms with van der Waals surface area (Å²) in [5, 5.41) is 12.4. The molecule has 1 atom stereocenters. The highest BCUT2D eigenvalue weighted by Crippen LogP contribution is 2.27. The van der Waals surface area contributed by atoms with Gasteiger partial charge in [0.2, 0.25) is 11.8 Å². The third kappa shape index (κ3) is 3.76. The van der Waals surface area contributed by atoms with Gasteiger partial charge in [0.15, 0.2) is 0 Å². The van der Waals surface area contributed by atoms with E-state index in [2.05, 4.69) is 16.4 Å². The van der Waals surface area contributed by atoms with Crippen LogP contribution in [0.25, 0.3) is 10.9 Å². The summed E-state index contributed by atoms with van der Waals surface area (Å²) < 4.78 is 0. The van der Waals surface area contributed by atoms with Crippen LogP contribution in [0, 0.1) is 11.3 Å². The molecular formula is C20H19N5O3S. The maximum Gasteiger partial charge on any atom is 0.252 e. The number of nitrogens with zero attached hydrogens (tertiary/aromatic N) is 4. The first-order valence-corrected chi connectivity index (χ1v) is 10.5. The first-order valence-electron chi connectivity index (χ1n) is 9.32. The quantitative estimate of drug-likeness (QED) is 0.821. The molecule has 0 aliphatic carbocycles. The summed E-state index contributed by atoms with van der Waals surface area (Å²) in [5.74, 6) is 0.439. The molecule has 0 radical (unpaired) electrons. The summed E-state index contributed by atoms with van der Waals surface area (Å²) in [5.41, 5.74) is 1.77. The third-order valence-electron chi connectivity index (χ3n) is 5.11. The molecule has 0 spiro atoms. The second kappa shape index (κ2) is 8.09. The molecule has 9 heteroatoms. The van der Waals surface area contributed by atoms with Crippen molar-refractivity contribution in [2.45, 2.75) is 18.9 Å². The Kier molecular flexibility index (Phi) is 5.36. The minimum Gasteiger partial charge on any atom is -0.343 e. The predicted octanol–water partition coefficient (Wildman–Crippen LogP) is 1.52. The van der Waals surface area contributed by atoms with Crippen molar-refractivity contribution in [2.24, 2.45) is 0 Å². The summed E-state index contributed by atoms with van der Waals surface area (Å²) in [6.07, 6.45) is 2.89. The number of carbonyl (C=O) groups is 3. The van der Waals surface area contributed by atoms with Crippen molar-refractivity contribution in [3.63, 3.8) is 0 Å². The van der Waals surface area contributed by atoms with Gasteiger partial charge in [-0.25, -0.2) is 0 Å². The number of anilines is 1. The number of rotatable bonds is 4. The summed E-state index contributed by atoms with van der Waals surface area (Å²) in [7, 11) is 0. The molecule has 148 valence electrons. The Morgan fingerprint density at radius 3 is 2.97 bits per heavy atom. The molecule has 4 rings (SSSR count). The Bertz CT molecular complexity index is 1030. The van der Waals surface area contributed by atoms with Crippen molar-refractivity contribution in [3.8, 4) is 6.07 Å². The Labute approximate surface area is 171 Å². The fourth-order valence-corrected chi connectivity index (χ4v) is 4.67. The van der Waals surface area contributed by atoms with Gasteiger partial charge >= 0.3 is 0 Å². The lowest BCUT2D eigenvalue weighted by Gasteiger charge is -2.19. The number of thioether (sulfide) groups is 1. The predicted molar refractivity (Wildman–Crippen MR) is 109 cm³/mol. The first-order chi connectivity index (χ1) is 14.1. The van der Waals surface area contributed by atoms with E-state index in [1.807, 2.05) is 6.07 Å². The monoisotopic (exact) mass is 409 g/mol. The molecule has 0 bridgehead atoms. The van der Waals surface area contributed by atoms with Crippen molar-refractivity contribution in [3.05, 3.63) is 36.0 Å². The molecule has 1 aromatic heterocycles. The molecule has 2 aromatic rings. The molecule has 1 unspecified atom stereocenters. The fraction of sp³-hybridized carbons (Fsp3) is 0.350. The highest BCUT2D eigenvalue weighted by atomic mass is 32.2. The van der Waals surface area contributed by atoms with Gasteiger partial charge in [0.25, 0.3) is 5.91 Å². The number of benzene rings is 1. The molecule has 3 amide bonds. The van der Waals surface area contributed by atoms with Gasteiger partial charge in [-0.1, -0.05) is 0 Å². The van der Waals surface area contributed by atoms with Gasteiger partial charge in [-0.15, -0.1) is 11.8 Å². The lowest BCUT2D eigenvalue weighted by molar-refractivity contribution is -0.129. The Morgan fingerprint density at radius 1 is 1.34 bits per heavy atom. The molecule has 2 aliphatic rings. The molecule has 29 heavy (non-hydrogen) atoms. The van der Waals surface area contributed by atoms with Crippen molar-refractivity contribution in [1.29, 1.82) is 5.26 Å². The van der Waals surface area contributed by atoms with Crippen LogP contribution in [0.4, 0.5) is 5.69 Å². The molecule has 1 N–H and O–H groups in total. The van der Waals surface area contributed by atoms with Crippen LogP contribution in [0.15, 0.2) is 30.5 Å². The van der Waals surface area contributed by atoms with Gasteiger partial charge in [-0.2, -0.15) is 5.26 Å². The van der Waals surface area contributed by atoms with Crippen LogP contribution < -0.4 is 10.2 Å². The van der Waals surface area contributed by atoms with Crippen molar-refractivity contribution < 1.29 is 14.4 Å². The minimum atomic E-state index is -0.452. The number of amides is 3. The average molecular weight is 409 g/mol. The van der Waals surface area contributed by atoms with Crippen LogP contribution in [0.2, 0.25) is 0 Å². The van der Waals surface area contributed by atoms with E-state index < -0.39 is 11.9 Å². The number of carbonyl (C=O) groups excluding carboxylic acids is 3. The van der Waals surface area contributed by atoms with E-state index in [4.69, 9.17) is 5.26 Å². The second-order valence-corrected chi connectivity index (χ2v) is 7.90. The maximum absolute atomic E-state index is 12.8. The molecule has 0 saturated carbocycles. The van der Waals surface area contributed by atoms with Gasteiger partial charge in [0.05, 0.1) is 29.6 Å². The van der Waals surface area contributed by atoms with Crippen LogP contribution in [0.3, 0.4) is 0 Å². The van der Waals surface area contributed by atoms with E-state index >= 15 is 0 Å². The molecule has 1 aromatic carbocycles. The van der Waals surface area contributed by atoms with Crippen LogP contribution in [-0.4, -0.2) is 58.4 Å². The molecular weight excluding hydrogens is 390 g/mol. The zero-order valence-electron chi connectivity index (χ0n) is 15.6. The number of pyridine rings is 1. The van der Waals surface area contributed by atoms with E-state index in [0.717, 1.165) is 12.1 Å². The minimum absolute atomic E-state index is 0.0698. The van der Waals surface area contributed by atoms with Gasteiger partial charge in [-0.05, 0) is 30.7 Å². The van der Waals surface area contributed by atoms with Crippen LogP contribution in [0.5, 0.6) is 0 Å². The largest absolute Gasteiger partial charge is 0.343 e. The third-order valence-corrected chi connectivity index (χ3v) is 6.12. The highest BCUT2D eigenvalue weighted by molar-refractivity contribution is 7.99. The topological polar surface area (TPSA) is 106 Å². The summed E-state index contributed by atoms with van der Waals surface area (Å²) >= 11 is 1.52. The van der Waals surface area contributed by atoms with Crippen LogP contribution in [0.1, 0.15) is 23.2 Å². The zero-order chi connectivity index (χ0) is 20.4. The lowest BCUT2D eigenvalue weighted by Crippen LogP contribution is -2.42. The van der Waals surface area contributed by atoms with Crippen molar-refractivity contribution >= 4 is 46.1 Å². The van der Waals surface area contributed by atoms with E-state index in [1.54, 1.807) is 29.3 Å². The number of fused-ring (bicyclic) bond motifs is 1. The zero-order valence-corrected chi connectivity index (χ0v) is 16.4. The Balaban J connectivity index is 1.53. The van der Waals surface area contributed by atoms with Crippen LogP contribution in [-0.2, 0) is 9.59 Å². The lowest BCUT2D eigenvalue weighted by atomic mass is 10.1. The number of nitrogens with one attached hydrogen (secondary N) is 1. The van der Waals surface area contributed by atoms with Gasteiger partial charge in [0.1, 0.15) is 6.04 Å². The molecule has 2 aliphatic heterocycles. The molecule has 3 heterocycles. The molecule has 2 fully saturated rings. The highest BCUT2D eigenvalue weighted by Gasteiger charge is 2.29. The smallest absolute Gasteiger partial charge is 0.252 e. The van der Waals surface area contributed by atoms with Gasteiger partial charge < -0.3 is 15.1 Å². The number of aromatic nitrogens is 1. The van der Waals surface area contributed by atoms with Crippen molar-refractivity contribution in [1.82, 2.24) is 15.2 Å².